The summed E-state index contributed by atoms with van der Waals surface area (Å²) in [4.78, 5) is 19.4. The Morgan fingerprint density at radius 2 is 2.12 bits per heavy atom. The predicted octanol–water partition coefficient (Wildman–Crippen LogP) is 1.17. The first-order valence-corrected chi connectivity index (χ1v) is 10.0. The number of amides is 1. The molecule has 1 amide bonds. The van der Waals surface area contributed by atoms with Gasteiger partial charge in [0.1, 0.15) is 11.6 Å². The minimum Gasteiger partial charge on any atom is -0.353 e. The van der Waals surface area contributed by atoms with E-state index in [2.05, 4.69) is 15.3 Å². The molecule has 7 nitrogen and oxygen atoms in total. The number of carbonyl (C=O) groups is 1. The van der Waals surface area contributed by atoms with Gasteiger partial charge in [-0.15, -0.1) is 0 Å². The van der Waals surface area contributed by atoms with Gasteiger partial charge in [-0.1, -0.05) is 0 Å². The molecule has 0 atom stereocenters. The van der Waals surface area contributed by atoms with E-state index in [1.807, 2.05) is 0 Å². The van der Waals surface area contributed by atoms with Gasteiger partial charge in [0.25, 0.3) is 0 Å². The van der Waals surface area contributed by atoms with E-state index in [0.29, 0.717) is 49.2 Å². The molecule has 2 N–H and O–H groups in total. The van der Waals surface area contributed by atoms with Crippen molar-refractivity contribution < 1.29 is 17.6 Å². The number of halogens is 1. The number of aromatic nitrogens is 2. The topological polar surface area (TPSA) is 95.2 Å². The van der Waals surface area contributed by atoms with Crippen LogP contribution in [0.3, 0.4) is 0 Å². The number of piperidine rings is 1. The standard InChI is InChI=1S/C16H21FN4O3S/c1-25(23,24)21-8-6-12(7-9-21)18-16(22)5-4-15-19-13-3-2-11(17)10-14(13)20-15/h2-3,10,12H,4-9H2,1H3,(H,18,22)(H,19,20). The van der Waals surface area contributed by atoms with Gasteiger partial charge in [0.2, 0.25) is 15.9 Å². The van der Waals surface area contributed by atoms with Gasteiger partial charge >= 0.3 is 0 Å². The molecule has 0 unspecified atom stereocenters. The number of sulfonamides is 1. The smallest absolute Gasteiger partial charge is 0.220 e. The predicted molar refractivity (Wildman–Crippen MR) is 92.0 cm³/mol. The zero-order chi connectivity index (χ0) is 18.0. The van der Waals surface area contributed by atoms with Crippen LogP contribution in [0.2, 0.25) is 0 Å². The van der Waals surface area contributed by atoms with Gasteiger partial charge < -0.3 is 10.3 Å². The molecule has 1 fully saturated rings. The number of hydrogen-bond donors (Lipinski definition) is 2. The SMILES string of the molecule is CS(=O)(=O)N1CCC(NC(=O)CCc2nc3ccc(F)cc3[nH]2)CC1. The molecule has 25 heavy (non-hydrogen) atoms. The highest BCUT2D eigenvalue weighted by Crippen LogP contribution is 2.15. The second-order valence-electron chi connectivity index (χ2n) is 6.35. The van der Waals surface area contributed by atoms with Gasteiger partial charge in [-0.3, -0.25) is 4.79 Å². The highest BCUT2D eigenvalue weighted by atomic mass is 32.2. The van der Waals surface area contributed by atoms with Crippen LogP contribution >= 0.6 is 0 Å². The number of carbonyl (C=O) groups excluding carboxylic acids is 1. The monoisotopic (exact) mass is 368 g/mol. The lowest BCUT2D eigenvalue weighted by atomic mass is 10.1. The molecule has 0 saturated carbocycles. The maximum atomic E-state index is 13.2. The lowest BCUT2D eigenvalue weighted by Gasteiger charge is -2.30. The first-order chi connectivity index (χ1) is 11.8. The molecule has 3 rings (SSSR count). The summed E-state index contributed by atoms with van der Waals surface area (Å²) in [7, 11) is -3.16. The molecule has 2 aromatic rings. The van der Waals surface area contributed by atoms with Gasteiger partial charge in [-0.25, -0.2) is 22.1 Å². The lowest BCUT2D eigenvalue weighted by Crippen LogP contribution is -2.46. The number of imidazole rings is 1. The van der Waals surface area contributed by atoms with Gasteiger partial charge in [-0.2, -0.15) is 0 Å². The van der Waals surface area contributed by atoms with Crippen LogP contribution in [-0.4, -0.2) is 54.0 Å². The summed E-state index contributed by atoms with van der Waals surface area (Å²) < 4.78 is 37.6. The minimum atomic E-state index is -3.16. The molecule has 1 aliphatic heterocycles. The Labute approximate surface area is 145 Å². The van der Waals surface area contributed by atoms with E-state index in [1.54, 1.807) is 6.07 Å². The second kappa shape index (κ2) is 7.09. The Morgan fingerprint density at radius 1 is 1.40 bits per heavy atom. The number of hydrogen-bond acceptors (Lipinski definition) is 4. The zero-order valence-corrected chi connectivity index (χ0v) is 14.8. The van der Waals surface area contributed by atoms with E-state index in [1.165, 1.54) is 22.7 Å². The highest BCUT2D eigenvalue weighted by molar-refractivity contribution is 7.88. The van der Waals surface area contributed by atoms with Crippen molar-refractivity contribution >= 4 is 27.0 Å². The van der Waals surface area contributed by atoms with Gasteiger partial charge in [0.15, 0.2) is 0 Å². The van der Waals surface area contributed by atoms with E-state index in [-0.39, 0.29) is 24.2 Å². The fourth-order valence-electron chi connectivity index (χ4n) is 3.02. The Morgan fingerprint density at radius 3 is 2.80 bits per heavy atom. The number of fused-ring (bicyclic) bond motifs is 1. The third-order valence-corrected chi connectivity index (χ3v) is 5.67. The molecule has 1 saturated heterocycles. The fraction of sp³-hybridized carbons (Fsp3) is 0.500. The lowest BCUT2D eigenvalue weighted by molar-refractivity contribution is -0.122. The van der Waals surface area contributed by atoms with Crippen LogP contribution in [0.1, 0.15) is 25.1 Å². The summed E-state index contributed by atoms with van der Waals surface area (Å²) in [5.41, 5.74) is 1.29. The quantitative estimate of drug-likeness (QED) is 0.828. The number of nitrogens with one attached hydrogen (secondary N) is 2. The number of nitrogens with zero attached hydrogens (tertiary/aromatic N) is 2. The largest absolute Gasteiger partial charge is 0.353 e. The summed E-state index contributed by atoms with van der Waals surface area (Å²) in [6.07, 6.45) is 3.13. The summed E-state index contributed by atoms with van der Waals surface area (Å²) >= 11 is 0. The number of aromatic amines is 1. The molecule has 0 radical (unpaired) electrons. The molecule has 0 spiro atoms. The second-order valence-corrected chi connectivity index (χ2v) is 8.33. The Hall–Kier alpha value is -2.00. The highest BCUT2D eigenvalue weighted by Gasteiger charge is 2.25. The molecule has 136 valence electrons. The maximum Gasteiger partial charge on any atom is 0.220 e. The molecular formula is C16H21FN4O3S. The molecule has 1 aliphatic rings. The first-order valence-electron chi connectivity index (χ1n) is 8.20. The zero-order valence-electron chi connectivity index (χ0n) is 14.0. The summed E-state index contributed by atoms with van der Waals surface area (Å²) in [5.74, 6) is 0.216. The van der Waals surface area contributed by atoms with Crippen molar-refractivity contribution in [2.45, 2.75) is 31.7 Å². The number of aryl methyl sites for hydroxylation is 1. The van der Waals surface area contributed by atoms with E-state index in [4.69, 9.17) is 0 Å². The third kappa shape index (κ3) is 4.55. The Balaban J connectivity index is 1.48. The van der Waals surface area contributed by atoms with E-state index in [0.717, 1.165) is 0 Å². The van der Waals surface area contributed by atoms with Gasteiger partial charge in [0.05, 0.1) is 17.3 Å². The maximum absolute atomic E-state index is 13.2. The Bertz CT molecular complexity index is 873. The average Bonchev–Trinajstić information content (AvgIpc) is 2.94. The number of benzene rings is 1. The molecule has 1 aromatic carbocycles. The summed E-state index contributed by atoms with van der Waals surface area (Å²) in [6, 6.07) is 4.32. The van der Waals surface area contributed by atoms with Crippen LogP contribution in [0.15, 0.2) is 18.2 Å². The van der Waals surface area contributed by atoms with Crippen LogP contribution in [-0.2, 0) is 21.2 Å². The van der Waals surface area contributed by atoms with Crippen LogP contribution in [0.4, 0.5) is 4.39 Å². The summed E-state index contributed by atoms with van der Waals surface area (Å²) in [5, 5.41) is 2.94. The van der Waals surface area contributed by atoms with Crippen molar-refractivity contribution in [2.75, 3.05) is 19.3 Å². The molecule has 0 bridgehead atoms. The van der Waals surface area contributed by atoms with Crippen molar-refractivity contribution in [3.05, 3.63) is 29.8 Å². The third-order valence-electron chi connectivity index (χ3n) is 4.37. The fourth-order valence-corrected chi connectivity index (χ4v) is 3.89. The van der Waals surface area contributed by atoms with Crippen molar-refractivity contribution in [1.82, 2.24) is 19.6 Å². The van der Waals surface area contributed by atoms with Gasteiger partial charge in [-0.05, 0) is 31.0 Å². The normalized spacial score (nSPS) is 17.0. The van der Waals surface area contributed by atoms with Crippen molar-refractivity contribution in [3.8, 4) is 0 Å². The van der Waals surface area contributed by atoms with Crippen LogP contribution in [0.25, 0.3) is 11.0 Å². The number of rotatable bonds is 5. The first kappa shape index (κ1) is 17.8. The van der Waals surface area contributed by atoms with Crippen LogP contribution in [0.5, 0.6) is 0 Å². The van der Waals surface area contributed by atoms with Crippen LogP contribution < -0.4 is 5.32 Å². The molecule has 2 heterocycles. The number of H-pyrrole nitrogens is 1. The minimum absolute atomic E-state index is 0.00438. The van der Waals surface area contributed by atoms with E-state index >= 15 is 0 Å². The van der Waals surface area contributed by atoms with E-state index < -0.39 is 10.0 Å². The van der Waals surface area contributed by atoms with Gasteiger partial charge in [0, 0.05) is 32.0 Å². The molecule has 0 aliphatic carbocycles. The molecular weight excluding hydrogens is 347 g/mol. The van der Waals surface area contributed by atoms with Crippen LogP contribution in [0, 0.1) is 5.82 Å². The van der Waals surface area contributed by atoms with Crippen molar-refractivity contribution in [1.29, 1.82) is 0 Å². The van der Waals surface area contributed by atoms with Crippen molar-refractivity contribution in [2.24, 2.45) is 0 Å². The molecule has 1 aromatic heterocycles. The summed E-state index contributed by atoms with van der Waals surface area (Å²) in [6.45, 7) is 0.859. The Kier molecular flexibility index (Phi) is 5.05. The molecule has 9 heteroatoms. The van der Waals surface area contributed by atoms with Crippen molar-refractivity contribution in [3.63, 3.8) is 0 Å². The van der Waals surface area contributed by atoms with E-state index in [9.17, 15) is 17.6 Å². The average molecular weight is 368 g/mol.